The maximum Gasteiger partial charge on any atom is 0.229 e. The van der Waals surface area contributed by atoms with Crippen molar-refractivity contribution in [3.05, 3.63) is 46.0 Å². The zero-order chi connectivity index (χ0) is 15.2. The molecule has 2 aromatic rings. The maximum atomic E-state index is 5.77. The minimum Gasteiger partial charge on any atom is -0.339 e. The van der Waals surface area contributed by atoms with Gasteiger partial charge in [0.25, 0.3) is 0 Å². The molecule has 2 atom stereocenters. The van der Waals surface area contributed by atoms with Crippen LogP contribution in [0.15, 0.2) is 33.3 Å². The molecule has 2 rings (SSSR count). The molecular weight excluding hydrogens is 330 g/mol. The van der Waals surface area contributed by atoms with E-state index in [1.165, 1.54) is 0 Å². The van der Waals surface area contributed by atoms with Crippen LogP contribution in [-0.4, -0.2) is 16.2 Å². The van der Waals surface area contributed by atoms with Gasteiger partial charge in [0, 0.05) is 22.9 Å². The molecule has 0 aliphatic rings. The third kappa shape index (κ3) is 4.93. The fraction of sp³-hybridized carbons (Fsp3) is 0.500. The van der Waals surface area contributed by atoms with Crippen molar-refractivity contribution in [2.24, 2.45) is 5.73 Å². The van der Waals surface area contributed by atoms with Crippen LogP contribution in [0.5, 0.6) is 0 Å². The van der Waals surface area contributed by atoms with Crippen molar-refractivity contribution in [3.63, 3.8) is 0 Å². The predicted octanol–water partition coefficient (Wildman–Crippen LogP) is 4.04. The Bertz CT molecular complexity index is 568. The summed E-state index contributed by atoms with van der Waals surface area (Å²) in [4.78, 5) is 4.51. The van der Waals surface area contributed by atoms with E-state index in [1.54, 1.807) is 0 Å². The molecule has 2 N–H and O–H groups in total. The van der Waals surface area contributed by atoms with E-state index in [0.29, 0.717) is 6.42 Å². The number of aromatic nitrogens is 2. The van der Waals surface area contributed by atoms with Gasteiger partial charge in [-0.2, -0.15) is 4.98 Å². The van der Waals surface area contributed by atoms with Gasteiger partial charge in [-0.05, 0) is 31.4 Å². The summed E-state index contributed by atoms with van der Waals surface area (Å²) >= 11 is 3.54. The van der Waals surface area contributed by atoms with Crippen molar-refractivity contribution in [2.75, 3.05) is 0 Å². The highest BCUT2D eigenvalue weighted by molar-refractivity contribution is 9.10. The Morgan fingerprint density at radius 3 is 2.71 bits per heavy atom. The smallest absolute Gasteiger partial charge is 0.229 e. The van der Waals surface area contributed by atoms with Gasteiger partial charge in [0.1, 0.15) is 0 Å². The van der Waals surface area contributed by atoms with Crippen molar-refractivity contribution in [1.82, 2.24) is 10.1 Å². The number of nitrogens with two attached hydrogens (primary N) is 1. The molecule has 0 aliphatic heterocycles. The lowest BCUT2D eigenvalue weighted by atomic mass is 10.0. The van der Waals surface area contributed by atoms with E-state index in [2.05, 4.69) is 39.1 Å². The lowest BCUT2D eigenvalue weighted by Gasteiger charge is -2.07. The van der Waals surface area contributed by atoms with Crippen LogP contribution in [0.2, 0.25) is 0 Å². The van der Waals surface area contributed by atoms with E-state index in [1.807, 2.05) is 25.1 Å². The number of halogens is 1. The SMILES string of the molecule is CC(N)CCCC(C)c1nc(Cc2ccccc2Br)no1. The molecule has 1 aromatic heterocycles. The molecule has 1 aromatic carbocycles. The molecule has 1 heterocycles. The second kappa shape index (κ2) is 7.71. The van der Waals surface area contributed by atoms with E-state index >= 15 is 0 Å². The van der Waals surface area contributed by atoms with E-state index in [-0.39, 0.29) is 12.0 Å². The first-order valence-electron chi connectivity index (χ1n) is 7.37. The highest BCUT2D eigenvalue weighted by atomic mass is 79.9. The van der Waals surface area contributed by atoms with E-state index in [9.17, 15) is 0 Å². The largest absolute Gasteiger partial charge is 0.339 e. The Balaban J connectivity index is 1.93. The Hall–Kier alpha value is -1.20. The standard InChI is InChI=1S/C16H22BrN3O/c1-11(6-5-7-12(2)18)16-19-15(20-21-16)10-13-8-3-4-9-14(13)17/h3-4,8-9,11-12H,5-7,10,18H2,1-2H3. The summed E-state index contributed by atoms with van der Waals surface area (Å²) in [5.74, 6) is 1.74. The molecule has 0 fully saturated rings. The minimum absolute atomic E-state index is 0.255. The summed E-state index contributed by atoms with van der Waals surface area (Å²) in [5, 5.41) is 4.09. The molecule has 2 unspecified atom stereocenters. The molecule has 0 radical (unpaired) electrons. The van der Waals surface area contributed by atoms with Gasteiger partial charge in [0.05, 0.1) is 0 Å². The van der Waals surface area contributed by atoms with Gasteiger partial charge >= 0.3 is 0 Å². The Morgan fingerprint density at radius 2 is 2.00 bits per heavy atom. The van der Waals surface area contributed by atoms with Gasteiger partial charge in [-0.25, -0.2) is 0 Å². The average molecular weight is 352 g/mol. The number of hydrogen-bond acceptors (Lipinski definition) is 4. The minimum atomic E-state index is 0.255. The second-order valence-electron chi connectivity index (χ2n) is 5.63. The van der Waals surface area contributed by atoms with E-state index in [4.69, 9.17) is 10.3 Å². The molecule has 0 bridgehead atoms. The van der Waals surface area contributed by atoms with Crippen LogP contribution in [0, 0.1) is 0 Å². The quantitative estimate of drug-likeness (QED) is 0.817. The Labute approximate surface area is 134 Å². The van der Waals surface area contributed by atoms with Gasteiger partial charge < -0.3 is 10.3 Å². The number of benzene rings is 1. The third-order valence-electron chi connectivity index (χ3n) is 3.51. The first kappa shape index (κ1) is 16.2. The van der Waals surface area contributed by atoms with E-state index in [0.717, 1.165) is 41.0 Å². The fourth-order valence-corrected chi connectivity index (χ4v) is 2.65. The first-order chi connectivity index (χ1) is 10.1. The summed E-state index contributed by atoms with van der Waals surface area (Å²) in [5.41, 5.74) is 6.93. The summed E-state index contributed by atoms with van der Waals surface area (Å²) < 4.78 is 6.46. The van der Waals surface area contributed by atoms with Crippen molar-refractivity contribution >= 4 is 15.9 Å². The highest BCUT2D eigenvalue weighted by Gasteiger charge is 2.15. The monoisotopic (exact) mass is 351 g/mol. The Kier molecular flexibility index (Phi) is 5.94. The summed E-state index contributed by atoms with van der Waals surface area (Å²) in [6.07, 6.45) is 3.82. The number of nitrogens with zero attached hydrogens (tertiary/aromatic N) is 2. The fourth-order valence-electron chi connectivity index (χ4n) is 2.22. The van der Waals surface area contributed by atoms with Gasteiger partial charge in [0.15, 0.2) is 5.82 Å². The zero-order valence-corrected chi connectivity index (χ0v) is 14.1. The van der Waals surface area contributed by atoms with Crippen molar-refractivity contribution in [1.29, 1.82) is 0 Å². The highest BCUT2D eigenvalue weighted by Crippen LogP contribution is 2.22. The number of hydrogen-bond donors (Lipinski definition) is 1. The molecule has 0 aliphatic carbocycles. The molecule has 0 amide bonds. The average Bonchev–Trinajstić information content (AvgIpc) is 2.89. The van der Waals surface area contributed by atoms with Gasteiger partial charge in [0.2, 0.25) is 5.89 Å². The summed E-state index contributed by atoms with van der Waals surface area (Å²) in [6.45, 7) is 4.16. The van der Waals surface area contributed by atoms with E-state index < -0.39 is 0 Å². The predicted molar refractivity (Wildman–Crippen MR) is 87.2 cm³/mol. The van der Waals surface area contributed by atoms with Crippen LogP contribution >= 0.6 is 15.9 Å². The molecule has 0 spiro atoms. The number of rotatable bonds is 7. The molecular formula is C16H22BrN3O. The normalized spacial score (nSPS) is 14.1. The van der Waals surface area contributed by atoms with Crippen LogP contribution in [0.4, 0.5) is 0 Å². The van der Waals surface area contributed by atoms with Crippen molar-refractivity contribution < 1.29 is 4.52 Å². The van der Waals surface area contributed by atoms with Crippen LogP contribution in [0.3, 0.4) is 0 Å². The maximum absolute atomic E-state index is 5.77. The molecule has 0 saturated carbocycles. The summed E-state index contributed by atoms with van der Waals surface area (Å²) in [7, 11) is 0. The van der Waals surface area contributed by atoms with Crippen LogP contribution in [0.1, 0.15) is 56.3 Å². The zero-order valence-electron chi connectivity index (χ0n) is 12.6. The van der Waals surface area contributed by atoms with Crippen LogP contribution < -0.4 is 5.73 Å². The van der Waals surface area contributed by atoms with Gasteiger partial charge in [-0.1, -0.05) is 52.6 Å². The lowest BCUT2D eigenvalue weighted by Crippen LogP contribution is -2.14. The molecule has 0 saturated heterocycles. The molecule has 4 nitrogen and oxygen atoms in total. The molecule has 5 heteroatoms. The van der Waals surface area contributed by atoms with Gasteiger partial charge in [-0.15, -0.1) is 0 Å². The van der Waals surface area contributed by atoms with Gasteiger partial charge in [-0.3, -0.25) is 0 Å². The van der Waals surface area contributed by atoms with Crippen LogP contribution in [0.25, 0.3) is 0 Å². The van der Waals surface area contributed by atoms with Crippen molar-refractivity contribution in [3.8, 4) is 0 Å². The third-order valence-corrected chi connectivity index (χ3v) is 4.28. The molecule has 114 valence electrons. The first-order valence-corrected chi connectivity index (χ1v) is 8.17. The lowest BCUT2D eigenvalue weighted by molar-refractivity contribution is 0.346. The Morgan fingerprint density at radius 1 is 1.24 bits per heavy atom. The topological polar surface area (TPSA) is 64.9 Å². The second-order valence-corrected chi connectivity index (χ2v) is 6.48. The summed E-state index contributed by atoms with van der Waals surface area (Å²) in [6, 6.07) is 8.35. The van der Waals surface area contributed by atoms with Crippen LogP contribution in [-0.2, 0) is 6.42 Å². The molecule has 21 heavy (non-hydrogen) atoms. The van der Waals surface area contributed by atoms with Crippen molar-refractivity contribution in [2.45, 2.75) is 51.5 Å².